The number of benzene rings is 2. The van der Waals surface area contributed by atoms with Crippen LogP contribution in [0.25, 0.3) is 0 Å². The lowest BCUT2D eigenvalue weighted by Crippen LogP contribution is -2.62. The molecule has 0 saturated carbocycles. The molecule has 0 bridgehead atoms. The highest BCUT2D eigenvalue weighted by Gasteiger charge is 2.49. The van der Waals surface area contributed by atoms with Gasteiger partial charge in [0, 0.05) is 24.3 Å². The van der Waals surface area contributed by atoms with Gasteiger partial charge in [0.25, 0.3) is 0 Å². The Bertz CT molecular complexity index is 1020. The van der Waals surface area contributed by atoms with Gasteiger partial charge in [-0.2, -0.15) is 0 Å². The lowest BCUT2D eigenvalue weighted by molar-refractivity contribution is -0.123. The van der Waals surface area contributed by atoms with Crippen LogP contribution < -0.4 is 14.4 Å². The van der Waals surface area contributed by atoms with E-state index in [9.17, 15) is 13.2 Å². The van der Waals surface area contributed by atoms with Gasteiger partial charge in [-0.3, -0.25) is 9.69 Å². The maximum Gasteiger partial charge on any atom is 0.241 e. The van der Waals surface area contributed by atoms with Crippen LogP contribution in [0.3, 0.4) is 0 Å². The van der Waals surface area contributed by atoms with Crippen LogP contribution in [0.4, 0.5) is 5.69 Å². The first-order valence-electron chi connectivity index (χ1n) is 9.94. The molecule has 2 atom stereocenters. The fourth-order valence-electron chi connectivity index (χ4n) is 4.36. The summed E-state index contributed by atoms with van der Waals surface area (Å²) in [6.07, 6.45) is 0.736. The van der Waals surface area contributed by atoms with Gasteiger partial charge in [-0.25, -0.2) is 8.42 Å². The molecule has 2 aromatic rings. The number of anilines is 1. The first kappa shape index (κ1) is 20.7. The third kappa shape index (κ3) is 4.15. The van der Waals surface area contributed by atoms with Crippen LogP contribution in [0, 0.1) is 0 Å². The standard InChI is InChI=1S/C22H26N2O5S/c1-28-18-8-6-16(7-9-18)10-11-23-13-22(25)24(17-4-3-5-19(12-17)29-2)21-15-30(26,27)14-20(21)23/h3-9,12,20-21H,10-11,13-15H2,1-2H3/t20-,21+/m0/s1. The van der Waals surface area contributed by atoms with Crippen LogP contribution in [-0.2, 0) is 21.1 Å². The minimum Gasteiger partial charge on any atom is -0.497 e. The third-order valence-electron chi connectivity index (χ3n) is 5.88. The van der Waals surface area contributed by atoms with Crippen LogP contribution in [0.15, 0.2) is 48.5 Å². The molecule has 0 unspecified atom stereocenters. The van der Waals surface area contributed by atoms with E-state index in [1.807, 2.05) is 47.4 Å². The number of piperazine rings is 1. The van der Waals surface area contributed by atoms with Crippen molar-refractivity contribution in [3.63, 3.8) is 0 Å². The molecule has 2 saturated heterocycles. The number of ether oxygens (including phenoxy) is 2. The molecule has 0 aliphatic carbocycles. The smallest absolute Gasteiger partial charge is 0.241 e. The van der Waals surface area contributed by atoms with Crippen LogP contribution >= 0.6 is 0 Å². The Morgan fingerprint density at radius 1 is 0.967 bits per heavy atom. The zero-order chi connectivity index (χ0) is 21.3. The normalized spacial score (nSPS) is 23.3. The molecule has 160 valence electrons. The highest BCUT2D eigenvalue weighted by molar-refractivity contribution is 7.91. The van der Waals surface area contributed by atoms with E-state index in [0.29, 0.717) is 18.0 Å². The summed E-state index contributed by atoms with van der Waals surface area (Å²) in [5, 5.41) is 0. The molecule has 2 heterocycles. The second kappa shape index (κ2) is 8.28. The monoisotopic (exact) mass is 430 g/mol. The molecule has 2 aliphatic rings. The van der Waals surface area contributed by atoms with Crippen LogP contribution in [-0.4, -0.2) is 70.1 Å². The number of methoxy groups -OCH3 is 2. The van der Waals surface area contributed by atoms with Crippen molar-refractivity contribution in [3.8, 4) is 11.5 Å². The number of fused-ring (bicyclic) bond motifs is 1. The van der Waals surface area contributed by atoms with Crippen molar-refractivity contribution in [3.05, 3.63) is 54.1 Å². The van der Waals surface area contributed by atoms with Gasteiger partial charge in [0.1, 0.15) is 11.5 Å². The van der Waals surface area contributed by atoms with E-state index in [4.69, 9.17) is 9.47 Å². The largest absolute Gasteiger partial charge is 0.497 e. The SMILES string of the molecule is COc1ccc(CCN2CC(=O)N(c3cccc(OC)c3)[C@@H]3CS(=O)(=O)C[C@@H]32)cc1. The first-order valence-corrected chi connectivity index (χ1v) is 11.8. The second-order valence-electron chi connectivity index (χ2n) is 7.75. The summed E-state index contributed by atoms with van der Waals surface area (Å²) in [5.74, 6) is 1.41. The van der Waals surface area contributed by atoms with Gasteiger partial charge >= 0.3 is 0 Å². The molecule has 7 nitrogen and oxygen atoms in total. The molecule has 2 aliphatic heterocycles. The Kier molecular flexibility index (Phi) is 5.71. The van der Waals surface area contributed by atoms with Gasteiger partial charge < -0.3 is 14.4 Å². The number of sulfone groups is 1. The summed E-state index contributed by atoms with van der Waals surface area (Å²) < 4.78 is 35.5. The van der Waals surface area contributed by atoms with Crippen molar-refractivity contribution >= 4 is 21.4 Å². The van der Waals surface area contributed by atoms with Crippen molar-refractivity contribution in [2.24, 2.45) is 0 Å². The van der Waals surface area contributed by atoms with E-state index in [1.165, 1.54) is 0 Å². The van der Waals surface area contributed by atoms with E-state index in [2.05, 4.69) is 0 Å². The zero-order valence-corrected chi connectivity index (χ0v) is 18.0. The van der Waals surface area contributed by atoms with E-state index in [1.54, 1.807) is 25.2 Å². The molecule has 2 aromatic carbocycles. The van der Waals surface area contributed by atoms with Crippen LogP contribution in [0.5, 0.6) is 11.5 Å². The minimum atomic E-state index is -3.22. The van der Waals surface area contributed by atoms with Crippen LogP contribution in [0.2, 0.25) is 0 Å². The van der Waals surface area contributed by atoms with Crippen molar-refractivity contribution < 1.29 is 22.7 Å². The number of hydrogen-bond acceptors (Lipinski definition) is 6. The molecule has 0 aromatic heterocycles. The molecule has 0 radical (unpaired) electrons. The Balaban J connectivity index is 1.56. The van der Waals surface area contributed by atoms with Gasteiger partial charge in [0.15, 0.2) is 9.84 Å². The maximum absolute atomic E-state index is 13.1. The minimum absolute atomic E-state index is 0.0142. The molecule has 4 rings (SSSR count). The fraction of sp³-hybridized carbons (Fsp3) is 0.409. The van der Waals surface area contributed by atoms with Gasteiger partial charge in [-0.15, -0.1) is 0 Å². The average molecular weight is 431 g/mol. The Morgan fingerprint density at radius 3 is 2.37 bits per heavy atom. The Hall–Kier alpha value is -2.58. The summed E-state index contributed by atoms with van der Waals surface area (Å²) in [6, 6.07) is 14.4. The van der Waals surface area contributed by atoms with Crippen LogP contribution in [0.1, 0.15) is 5.56 Å². The van der Waals surface area contributed by atoms with E-state index in [0.717, 1.165) is 17.7 Å². The average Bonchev–Trinajstić information content (AvgIpc) is 3.07. The summed E-state index contributed by atoms with van der Waals surface area (Å²) in [7, 11) is -0.0187. The summed E-state index contributed by atoms with van der Waals surface area (Å²) in [4.78, 5) is 16.8. The van der Waals surface area contributed by atoms with Crippen molar-refractivity contribution in [2.45, 2.75) is 18.5 Å². The van der Waals surface area contributed by atoms with E-state index >= 15 is 0 Å². The molecule has 1 amide bonds. The highest BCUT2D eigenvalue weighted by atomic mass is 32.2. The van der Waals surface area contributed by atoms with Gasteiger partial charge in [-0.05, 0) is 36.2 Å². The molecular weight excluding hydrogens is 404 g/mol. The topological polar surface area (TPSA) is 76.2 Å². The highest BCUT2D eigenvalue weighted by Crippen LogP contribution is 2.33. The number of nitrogens with zero attached hydrogens (tertiary/aromatic N) is 2. The molecule has 0 spiro atoms. The van der Waals surface area contributed by atoms with E-state index in [-0.39, 0.29) is 36.0 Å². The predicted molar refractivity (Wildman–Crippen MR) is 115 cm³/mol. The zero-order valence-electron chi connectivity index (χ0n) is 17.2. The summed E-state index contributed by atoms with van der Waals surface area (Å²) >= 11 is 0. The lowest BCUT2D eigenvalue weighted by Gasteiger charge is -2.43. The fourth-order valence-corrected chi connectivity index (χ4v) is 6.34. The number of rotatable bonds is 6. The molecule has 8 heteroatoms. The summed E-state index contributed by atoms with van der Waals surface area (Å²) in [5.41, 5.74) is 1.80. The lowest BCUT2D eigenvalue weighted by atomic mass is 10.0. The van der Waals surface area contributed by atoms with Gasteiger partial charge in [0.05, 0.1) is 38.3 Å². The van der Waals surface area contributed by atoms with Crippen molar-refractivity contribution in [1.82, 2.24) is 4.90 Å². The quantitative estimate of drug-likeness (QED) is 0.695. The van der Waals surface area contributed by atoms with Crippen molar-refractivity contribution in [2.75, 3.05) is 43.7 Å². The number of carbonyl (C=O) groups is 1. The van der Waals surface area contributed by atoms with E-state index < -0.39 is 9.84 Å². The van der Waals surface area contributed by atoms with Crippen molar-refractivity contribution in [1.29, 1.82) is 0 Å². The predicted octanol–water partition coefficient (Wildman–Crippen LogP) is 1.76. The first-order chi connectivity index (χ1) is 14.4. The molecule has 0 N–H and O–H groups in total. The number of carbonyl (C=O) groups excluding carboxylic acids is 1. The maximum atomic E-state index is 13.1. The second-order valence-corrected chi connectivity index (χ2v) is 9.90. The molecule has 2 fully saturated rings. The Morgan fingerprint density at radius 2 is 1.67 bits per heavy atom. The number of amides is 1. The summed E-state index contributed by atoms with van der Waals surface area (Å²) in [6.45, 7) is 0.824. The number of hydrogen-bond donors (Lipinski definition) is 0. The third-order valence-corrected chi connectivity index (χ3v) is 7.58. The van der Waals surface area contributed by atoms with Gasteiger partial charge in [-0.1, -0.05) is 18.2 Å². The molecule has 30 heavy (non-hydrogen) atoms. The molecular formula is C22H26N2O5S. The Labute approximate surface area is 177 Å². The van der Waals surface area contributed by atoms with Gasteiger partial charge in [0.2, 0.25) is 5.91 Å².